The second kappa shape index (κ2) is 6.12. The summed E-state index contributed by atoms with van der Waals surface area (Å²) in [5.74, 6) is -1.54. The summed E-state index contributed by atoms with van der Waals surface area (Å²) in [7, 11) is 0. The Morgan fingerprint density at radius 3 is 2.70 bits per heavy atom. The van der Waals surface area contributed by atoms with E-state index in [1.165, 1.54) is 6.07 Å². The summed E-state index contributed by atoms with van der Waals surface area (Å²) in [6, 6.07) is 7.07. The molecule has 0 radical (unpaired) electrons. The molecular formula is C16H13F2N3O2. The zero-order chi connectivity index (χ0) is 16.4. The van der Waals surface area contributed by atoms with E-state index in [4.69, 9.17) is 4.84 Å². The number of anilines is 1. The fourth-order valence-corrected chi connectivity index (χ4v) is 2.25. The summed E-state index contributed by atoms with van der Waals surface area (Å²) in [6.45, 7) is 1.80. The van der Waals surface area contributed by atoms with Crippen LogP contribution in [0.4, 0.5) is 14.6 Å². The van der Waals surface area contributed by atoms with E-state index in [1.807, 2.05) is 0 Å². The third-order valence-electron chi connectivity index (χ3n) is 3.46. The van der Waals surface area contributed by atoms with Gasteiger partial charge >= 0.3 is 0 Å². The van der Waals surface area contributed by atoms with Gasteiger partial charge < -0.3 is 10.2 Å². The minimum Gasteiger partial charge on any atom is -0.382 e. The monoisotopic (exact) mass is 317 g/mol. The fourth-order valence-electron chi connectivity index (χ4n) is 2.25. The van der Waals surface area contributed by atoms with E-state index >= 15 is 0 Å². The standard InChI is InChI=1S/C16H13F2N3O2/c1-9-4-3-7-19-15(9)20-16(22)13-8-12(21-23-13)14-10(17)5-2-6-11(14)18/h2-7,13H,8H2,1H3,(H,19,20,22)/t13-/m0/s1. The molecule has 0 aliphatic carbocycles. The lowest BCUT2D eigenvalue weighted by Crippen LogP contribution is -2.29. The van der Waals surface area contributed by atoms with Gasteiger partial charge in [-0.05, 0) is 30.7 Å². The Kier molecular flexibility index (Phi) is 4.01. The lowest BCUT2D eigenvalue weighted by molar-refractivity contribution is -0.125. The van der Waals surface area contributed by atoms with Gasteiger partial charge in [-0.1, -0.05) is 17.3 Å². The van der Waals surface area contributed by atoms with Gasteiger partial charge in [0.1, 0.15) is 17.5 Å². The van der Waals surface area contributed by atoms with Gasteiger partial charge in [0.05, 0.1) is 11.3 Å². The molecule has 0 fully saturated rings. The molecule has 7 heteroatoms. The Morgan fingerprint density at radius 1 is 1.26 bits per heavy atom. The molecule has 1 aromatic carbocycles. The van der Waals surface area contributed by atoms with Crippen molar-refractivity contribution in [2.24, 2.45) is 5.16 Å². The molecule has 2 heterocycles. The Labute approximate surface area is 131 Å². The highest BCUT2D eigenvalue weighted by Gasteiger charge is 2.31. The van der Waals surface area contributed by atoms with E-state index in [0.29, 0.717) is 5.82 Å². The molecule has 2 aromatic rings. The highest BCUT2D eigenvalue weighted by molar-refractivity contribution is 6.06. The van der Waals surface area contributed by atoms with Crippen molar-refractivity contribution < 1.29 is 18.4 Å². The Bertz CT molecular complexity index is 772. The van der Waals surface area contributed by atoms with Crippen molar-refractivity contribution in [1.82, 2.24) is 4.98 Å². The Balaban J connectivity index is 1.72. The van der Waals surface area contributed by atoms with Crippen LogP contribution in [0.1, 0.15) is 17.5 Å². The maximum atomic E-state index is 13.7. The number of halogens is 2. The summed E-state index contributed by atoms with van der Waals surface area (Å²) in [4.78, 5) is 21.2. The van der Waals surface area contributed by atoms with Crippen LogP contribution in [-0.2, 0) is 9.63 Å². The lowest BCUT2D eigenvalue weighted by atomic mass is 10.0. The number of rotatable bonds is 3. The minimum atomic E-state index is -0.953. The maximum Gasteiger partial charge on any atom is 0.269 e. The van der Waals surface area contributed by atoms with Crippen molar-refractivity contribution >= 4 is 17.4 Å². The number of nitrogens with one attached hydrogen (secondary N) is 1. The predicted molar refractivity (Wildman–Crippen MR) is 80.0 cm³/mol. The van der Waals surface area contributed by atoms with E-state index in [9.17, 15) is 13.6 Å². The van der Waals surface area contributed by atoms with Crippen LogP contribution in [0, 0.1) is 18.6 Å². The zero-order valence-corrected chi connectivity index (χ0v) is 12.2. The number of carbonyl (C=O) groups excluding carboxylic acids is 1. The zero-order valence-electron chi connectivity index (χ0n) is 12.2. The predicted octanol–water partition coefficient (Wildman–Crippen LogP) is 2.80. The van der Waals surface area contributed by atoms with Crippen molar-refractivity contribution in [2.75, 3.05) is 5.32 Å². The first-order valence-electron chi connectivity index (χ1n) is 6.96. The summed E-state index contributed by atoms with van der Waals surface area (Å²) >= 11 is 0. The molecule has 1 aliphatic rings. The van der Waals surface area contributed by atoms with E-state index in [2.05, 4.69) is 15.5 Å². The lowest BCUT2D eigenvalue weighted by Gasteiger charge is -2.10. The number of pyridine rings is 1. The average molecular weight is 317 g/mol. The van der Waals surface area contributed by atoms with Crippen molar-refractivity contribution in [2.45, 2.75) is 19.4 Å². The van der Waals surface area contributed by atoms with Crippen LogP contribution in [0.15, 0.2) is 41.7 Å². The first-order valence-corrected chi connectivity index (χ1v) is 6.96. The number of nitrogens with zero attached hydrogens (tertiary/aromatic N) is 2. The number of aromatic nitrogens is 1. The molecule has 1 aromatic heterocycles. The number of hydrogen-bond acceptors (Lipinski definition) is 4. The summed E-state index contributed by atoms with van der Waals surface area (Å²) < 4.78 is 27.5. The number of oxime groups is 1. The quantitative estimate of drug-likeness (QED) is 0.947. The van der Waals surface area contributed by atoms with Crippen molar-refractivity contribution in [1.29, 1.82) is 0 Å². The third kappa shape index (κ3) is 3.03. The van der Waals surface area contributed by atoms with Gasteiger partial charge in [0.15, 0.2) is 0 Å². The summed E-state index contributed by atoms with van der Waals surface area (Å²) in [5, 5.41) is 6.27. The van der Waals surface area contributed by atoms with E-state index in [1.54, 1.807) is 25.3 Å². The third-order valence-corrected chi connectivity index (χ3v) is 3.46. The van der Waals surface area contributed by atoms with Crippen molar-refractivity contribution in [3.8, 4) is 0 Å². The maximum absolute atomic E-state index is 13.7. The topological polar surface area (TPSA) is 63.6 Å². The van der Waals surface area contributed by atoms with Gasteiger partial charge in [-0.25, -0.2) is 13.8 Å². The molecule has 1 atom stereocenters. The molecule has 1 amide bonds. The van der Waals surface area contributed by atoms with E-state index in [-0.39, 0.29) is 17.7 Å². The summed E-state index contributed by atoms with van der Waals surface area (Å²) in [6.07, 6.45) is 0.579. The Morgan fingerprint density at radius 2 is 2.00 bits per heavy atom. The second-order valence-corrected chi connectivity index (χ2v) is 5.09. The van der Waals surface area contributed by atoms with Crippen LogP contribution in [0.3, 0.4) is 0 Å². The molecule has 0 saturated heterocycles. The highest BCUT2D eigenvalue weighted by atomic mass is 19.1. The van der Waals surface area contributed by atoms with Crippen LogP contribution in [0.2, 0.25) is 0 Å². The molecule has 3 rings (SSSR count). The molecule has 0 saturated carbocycles. The van der Waals surface area contributed by atoms with E-state index < -0.39 is 23.6 Å². The molecule has 5 nitrogen and oxygen atoms in total. The molecule has 23 heavy (non-hydrogen) atoms. The van der Waals surface area contributed by atoms with Crippen molar-refractivity contribution in [3.05, 3.63) is 59.3 Å². The van der Waals surface area contributed by atoms with Gasteiger partial charge in [0.2, 0.25) is 6.10 Å². The average Bonchev–Trinajstić information content (AvgIpc) is 2.99. The summed E-state index contributed by atoms with van der Waals surface area (Å²) in [5.41, 5.74) is 0.593. The molecule has 0 bridgehead atoms. The first kappa shape index (κ1) is 15.1. The van der Waals surface area contributed by atoms with Crippen molar-refractivity contribution in [3.63, 3.8) is 0 Å². The number of amides is 1. The molecular weight excluding hydrogens is 304 g/mol. The number of carbonyl (C=O) groups is 1. The van der Waals surface area contributed by atoms with Crippen LogP contribution in [0.5, 0.6) is 0 Å². The molecule has 0 unspecified atom stereocenters. The van der Waals surface area contributed by atoms with Gasteiger partial charge in [-0.2, -0.15) is 0 Å². The van der Waals surface area contributed by atoms with E-state index in [0.717, 1.165) is 17.7 Å². The smallest absolute Gasteiger partial charge is 0.269 e. The SMILES string of the molecule is Cc1cccnc1NC(=O)[C@@H]1CC(c2c(F)cccc2F)=NO1. The van der Waals surface area contributed by atoms with Gasteiger partial charge in [-0.15, -0.1) is 0 Å². The number of aryl methyl sites for hydroxylation is 1. The normalized spacial score (nSPS) is 16.7. The molecule has 1 aliphatic heterocycles. The van der Waals surface area contributed by atoms with Gasteiger partial charge in [0.25, 0.3) is 5.91 Å². The number of benzene rings is 1. The number of hydrogen-bond donors (Lipinski definition) is 1. The fraction of sp³-hybridized carbons (Fsp3) is 0.188. The highest BCUT2D eigenvalue weighted by Crippen LogP contribution is 2.22. The van der Waals surface area contributed by atoms with Crippen LogP contribution < -0.4 is 5.32 Å². The second-order valence-electron chi connectivity index (χ2n) is 5.09. The molecule has 0 spiro atoms. The molecule has 1 N–H and O–H groups in total. The van der Waals surface area contributed by atoms with Crippen LogP contribution >= 0.6 is 0 Å². The minimum absolute atomic E-state index is 0.0183. The van der Waals surface area contributed by atoms with Gasteiger partial charge in [0, 0.05) is 12.6 Å². The molecule has 118 valence electrons. The van der Waals surface area contributed by atoms with Gasteiger partial charge in [-0.3, -0.25) is 4.79 Å². The first-order chi connectivity index (χ1) is 11.1. The van der Waals surface area contributed by atoms with Crippen LogP contribution in [-0.4, -0.2) is 22.7 Å². The Hall–Kier alpha value is -2.83. The van der Waals surface area contributed by atoms with Crippen LogP contribution in [0.25, 0.3) is 0 Å². The largest absolute Gasteiger partial charge is 0.382 e.